The predicted octanol–water partition coefficient (Wildman–Crippen LogP) is 2.27. The van der Waals surface area contributed by atoms with E-state index in [0.29, 0.717) is 5.82 Å². The summed E-state index contributed by atoms with van der Waals surface area (Å²) in [6.45, 7) is 3.98. The molecule has 2 aromatic heterocycles. The van der Waals surface area contributed by atoms with Gasteiger partial charge >= 0.3 is 0 Å². The van der Waals surface area contributed by atoms with Crippen molar-refractivity contribution >= 4 is 16.7 Å². The summed E-state index contributed by atoms with van der Waals surface area (Å²) in [5, 5.41) is 1.07. The number of hydrogen-bond acceptors (Lipinski definition) is 4. The number of aromatic nitrogens is 3. The molecule has 0 aliphatic rings. The number of nitrogen functional groups attached to an aromatic ring is 2. The van der Waals surface area contributed by atoms with Crippen molar-refractivity contribution in [1.29, 1.82) is 0 Å². The number of fused-ring (bicyclic) bond motifs is 1. The van der Waals surface area contributed by atoms with Crippen LogP contribution in [0.15, 0.2) is 30.3 Å². The number of rotatable bonds is 2. The van der Waals surface area contributed by atoms with Gasteiger partial charge in [-0.3, -0.25) is 4.98 Å². The van der Waals surface area contributed by atoms with Crippen LogP contribution in [-0.4, -0.2) is 14.6 Å². The van der Waals surface area contributed by atoms with Crippen molar-refractivity contribution < 1.29 is 0 Å². The Bertz CT molecular complexity index is 788. The average Bonchev–Trinajstić information content (AvgIpc) is 2.74. The number of nitrogens with two attached hydrogens (primary N) is 2. The molecule has 0 bridgehead atoms. The number of pyridine rings is 1. The fourth-order valence-corrected chi connectivity index (χ4v) is 2.33. The first-order valence-electron chi connectivity index (χ1n) is 6.60. The second-order valence-corrected chi connectivity index (χ2v) is 4.85. The lowest BCUT2D eigenvalue weighted by molar-refractivity contribution is 0.865. The molecule has 0 amide bonds. The second kappa shape index (κ2) is 4.52. The minimum absolute atomic E-state index is 0.487. The molecule has 0 spiro atoms. The third-order valence-corrected chi connectivity index (χ3v) is 3.44. The highest BCUT2D eigenvalue weighted by atomic mass is 15.4. The predicted molar refractivity (Wildman–Crippen MR) is 81.6 cm³/mol. The molecule has 4 N–H and O–H groups in total. The lowest BCUT2D eigenvalue weighted by Crippen LogP contribution is -2.14. The molecule has 0 aliphatic heterocycles. The summed E-state index contributed by atoms with van der Waals surface area (Å²) in [6, 6.07) is 10.1. The summed E-state index contributed by atoms with van der Waals surface area (Å²) in [5.74, 6) is 7.17. The molecule has 0 saturated carbocycles. The summed E-state index contributed by atoms with van der Waals surface area (Å²) in [6.07, 6.45) is 0.745. The molecule has 3 rings (SSSR count). The first kappa shape index (κ1) is 12.5. The molecule has 5 nitrogen and oxygen atoms in total. The van der Waals surface area contributed by atoms with Crippen molar-refractivity contribution in [2.24, 2.45) is 0 Å². The van der Waals surface area contributed by atoms with Gasteiger partial charge in [-0.25, -0.2) is 9.66 Å². The maximum absolute atomic E-state index is 6.04. The molecule has 0 aliphatic carbocycles. The summed E-state index contributed by atoms with van der Waals surface area (Å²) in [4.78, 5) is 9.01. The van der Waals surface area contributed by atoms with Crippen LogP contribution >= 0.6 is 0 Å². The highest BCUT2D eigenvalue weighted by molar-refractivity contribution is 5.85. The fraction of sp³-hybridized carbons (Fsp3) is 0.200. The minimum Gasteiger partial charge on any atom is -0.382 e. The second-order valence-electron chi connectivity index (χ2n) is 4.85. The van der Waals surface area contributed by atoms with E-state index in [1.807, 2.05) is 38.1 Å². The standard InChI is InChI=1S/C15H17N5/c1-3-13-19-14(15(16)20(13)17)11-6-7-12-10(8-11)5-4-9(2)18-12/h4-8H,3,16-17H2,1-2H3. The maximum atomic E-state index is 6.04. The van der Waals surface area contributed by atoms with Crippen molar-refractivity contribution in [3.05, 3.63) is 41.9 Å². The average molecular weight is 267 g/mol. The van der Waals surface area contributed by atoms with Crippen LogP contribution in [0.5, 0.6) is 0 Å². The lowest BCUT2D eigenvalue weighted by Gasteiger charge is -2.03. The van der Waals surface area contributed by atoms with Crippen LogP contribution in [0.25, 0.3) is 22.2 Å². The van der Waals surface area contributed by atoms with Gasteiger partial charge in [-0.15, -0.1) is 0 Å². The Balaban J connectivity index is 2.17. The van der Waals surface area contributed by atoms with Gasteiger partial charge in [0.1, 0.15) is 11.5 Å². The molecule has 2 heterocycles. The van der Waals surface area contributed by atoms with Gasteiger partial charge in [0.15, 0.2) is 5.82 Å². The number of anilines is 1. The molecule has 0 fully saturated rings. The summed E-state index contributed by atoms with van der Waals surface area (Å²) in [7, 11) is 0. The zero-order chi connectivity index (χ0) is 14.3. The van der Waals surface area contributed by atoms with Crippen molar-refractivity contribution in [2.75, 3.05) is 11.6 Å². The maximum Gasteiger partial charge on any atom is 0.150 e. The normalized spacial score (nSPS) is 11.1. The van der Waals surface area contributed by atoms with E-state index in [1.165, 1.54) is 4.68 Å². The monoisotopic (exact) mass is 267 g/mol. The molecule has 1 aromatic carbocycles. The molecular formula is C15H17N5. The molecule has 0 unspecified atom stereocenters. The number of nitrogens with zero attached hydrogens (tertiary/aromatic N) is 3. The third-order valence-electron chi connectivity index (χ3n) is 3.44. The molecule has 0 radical (unpaired) electrons. The summed E-state index contributed by atoms with van der Waals surface area (Å²) < 4.78 is 1.45. The van der Waals surface area contributed by atoms with Gasteiger partial charge in [0, 0.05) is 23.1 Å². The van der Waals surface area contributed by atoms with E-state index in [9.17, 15) is 0 Å². The van der Waals surface area contributed by atoms with E-state index in [1.54, 1.807) is 0 Å². The van der Waals surface area contributed by atoms with Crippen molar-refractivity contribution in [1.82, 2.24) is 14.6 Å². The molecule has 0 atom stereocenters. The largest absolute Gasteiger partial charge is 0.382 e. The first-order chi connectivity index (χ1) is 9.60. The Morgan fingerprint density at radius 1 is 1.15 bits per heavy atom. The van der Waals surface area contributed by atoms with Gasteiger partial charge < -0.3 is 11.6 Å². The van der Waals surface area contributed by atoms with Crippen molar-refractivity contribution in [2.45, 2.75) is 20.3 Å². The van der Waals surface area contributed by atoms with Crippen LogP contribution in [0, 0.1) is 6.92 Å². The van der Waals surface area contributed by atoms with Crippen molar-refractivity contribution in [3.63, 3.8) is 0 Å². The third kappa shape index (κ3) is 1.87. The van der Waals surface area contributed by atoms with Crippen LogP contribution in [0.3, 0.4) is 0 Å². The van der Waals surface area contributed by atoms with E-state index in [0.717, 1.165) is 40.1 Å². The Labute approximate surface area is 117 Å². The fourth-order valence-electron chi connectivity index (χ4n) is 2.33. The Morgan fingerprint density at radius 3 is 2.65 bits per heavy atom. The minimum atomic E-state index is 0.487. The quantitative estimate of drug-likeness (QED) is 0.698. The molecule has 20 heavy (non-hydrogen) atoms. The van der Waals surface area contributed by atoms with Crippen molar-refractivity contribution in [3.8, 4) is 11.3 Å². The summed E-state index contributed by atoms with van der Waals surface area (Å²) in [5.41, 5.74) is 9.70. The van der Waals surface area contributed by atoms with Crippen LogP contribution < -0.4 is 11.6 Å². The van der Waals surface area contributed by atoms with E-state index < -0.39 is 0 Å². The molecule has 0 saturated heterocycles. The van der Waals surface area contributed by atoms with Crippen LogP contribution in [0.4, 0.5) is 5.82 Å². The molecule has 102 valence electrons. The van der Waals surface area contributed by atoms with E-state index >= 15 is 0 Å². The van der Waals surface area contributed by atoms with Crippen LogP contribution in [0.2, 0.25) is 0 Å². The molecule has 3 aromatic rings. The van der Waals surface area contributed by atoms with Gasteiger partial charge in [-0.2, -0.15) is 0 Å². The zero-order valence-electron chi connectivity index (χ0n) is 11.6. The smallest absolute Gasteiger partial charge is 0.150 e. The van der Waals surface area contributed by atoms with E-state index in [4.69, 9.17) is 11.6 Å². The van der Waals surface area contributed by atoms with Crippen LogP contribution in [-0.2, 0) is 6.42 Å². The Morgan fingerprint density at radius 2 is 1.95 bits per heavy atom. The number of imidazole rings is 1. The number of hydrogen-bond donors (Lipinski definition) is 2. The van der Waals surface area contributed by atoms with Gasteiger partial charge in [-0.05, 0) is 25.1 Å². The van der Waals surface area contributed by atoms with Gasteiger partial charge in [0.05, 0.1) is 5.52 Å². The Hall–Kier alpha value is -2.56. The highest BCUT2D eigenvalue weighted by Crippen LogP contribution is 2.27. The number of aryl methyl sites for hydroxylation is 2. The highest BCUT2D eigenvalue weighted by Gasteiger charge is 2.13. The lowest BCUT2D eigenvalue weighted by atomic mass is 10.1. The SMILES string of the molecule is CCc1nc(-c2ccc3nc(C)ccc3c2)c(N)n1N. The first-order valence-corrected chi connectivity index (χ1v) is 6.60. The van der Waals surface area contributed by atoms with Gasteiger partial charge in [0.2, 0.25) is 0 Å². The van der Waals surface area contributed by atoms with Gasteiger partial charge in [-0.1, -0.05) is 19.1 Å². The molecular weight excluding hydrogens is 250 g/mol. The Kier molecular flexibility index (Phi) is 2.82. The van der Waals surface area contributed by atoms with Crippen LogP contribution in [0.1, 0.15) is 18.4 Å². The van der Waals surface area contributed by atoms with E-state index in [2.05, 4.69) is 16.0 Å². The summed E-state index contributed by atoms with van der Waals surface area (Å²) >= 11 is 0. The number of benzene rings is 1. The molecule has 5 heteroatoms. The van der Waals surface area contributed by atoms with Gasteiger partial charge in [0.25, 0.3) is 0 Å². The van der Waals surface area contributed by atoms with E-state index in [-0.39, 0.29) is 0 Å². The topological polar surface area (TPSA) is 82.8 Å². The zero-order valence-corrected chi connectivity index (χ0v) is 11.6.